The Balaban J connectivity index is 1.71. The van der Waals surface area contributed by atoms with Crippen LogP contribution in [-0.4, -0.2) is 47.7 Å². The maximum Gasteiger partial charge on any atom is 0.405 e. The third-order valence-electron chi connectivity index (χ3n) is 2.94. The number of aromatic nitrogens is 2. The Bertz CT molecular complexity index is 800. The third-order valence-corrected chi connectivity index (χ3v) is 6.20. The Labute approximate surface area is 170 Å². The first-order valence-electron chi connectivity index (χ1n) is 7.61. The molecule has 13 heteroatoms. The lowest BCUT2D eigenvalue weighted by atomic mass is 10.2. The first-order valence-corrected chi connectivity index (χ1v) is 10.4. The van der Waals surface area contributed by atoms with Crippen LogP contribution in [0, 0.1) is 0 Å². The van der Waals surface area contributed by atoms with Gasteiger partial charge in [-0.2, -0.15) is 13.2 Å². The summed E-state index contributed by atoms with van der Waals surface area (Å²) in [4.78, 5) is 22.8. The van der Waals surface area contributed by atoms with Gasteiger partial charge >= 0.3 is 12.2 Å². The van der Waals surface area contributed by atoms with E-state index in [-0.39, 0.29) is 5.75 Å². The molecule has 1 aromatic heterocycles. The summed E-state index contributed by atoms with van der Waals surface area (Å²) in [5.41, 5.74) is 1.08. The summed E-state index contributed by atoms with van der Waals surface area (Å²) in [6.07, 6.45) is -4.54. The number of carbonyl (C=O) groups excluding carboxylic acids is 2. The van der Waals surface area contributed by atoms with Crippen LogP contribution in [0.2, 0.25) is 0 Å². The first-order chi connectivity index (χ1) is 13.2. The quantitative estimate of drug-likeness (QED) is 0.594. The molecule has 0 saturated carbocycles. The highest BCUT2D eigenvalue weighted by Gasteiger charge is 2.28. The zero-order valence-electron chi connectivity index (χ0n) is 14.4. The lowest BCUT2D eigenvalue weighted by Gasteiger charge is -2.08. The fourth-order valence-electron chi connectivity index (χ4n) is 1.70. The number of methoxy groups -OCH3 is 1. The summed E-state index contributed by atoms with van der Waals surface area (Å²) in [6.45, 7) is -1.51. The van der Waals surface area contributed by atoms with Crippen LogP contribution in [0.4, 0.5) is 18.0 Å². The Morgan fingerprint density at radius 1 is 1.14 bits per heavy atom. The van der Waals surface area contributed by atoms with Crippen LogP contribution in [-0.2, 0) is 10.5 Å². The fourth-order valence-corrected chi connectivity index (χ4v) is 4.47. The lowest BCUT2D eigenvalue weighted by molar-refractivity contribution is -0.124. The third kappa shape index (κ3) is 8.35. The number of nitrogens with zero attached hydrogens (tertiary/aromatic N) is 2. The van der Waals surface area contributed by atoms with E-state index >= 15 is 0 Å². The molecule has 28 heavy (non-hydrogen) atoms. The summed E-state index contributed by atoms with van der Waals surface area (Å²) in [7, 11) is 1.60. The number of hydrogen-bond acceptors (Lipinski definition) is 8. The number of rotatable bonds is 8. The van der Waals surface area contributed by atoms with Crippen LogP contribution in [0.1, 0.15) is 5.56 Å². The maximum absolute atomic E-state index is 12.0. The molecular formula is C15H15F3N4O3S3. The molecule has 7 nitrogen and oxygen atoms in total. The Morgan fingerprint density at radius 3 is 2.39 bits per heavy atom. The van der Waals surface area contributed by atoms with Crippen molar-refractivity contribution in [1.82, 2.24) is 20.8 Å². The number of hydrogen-bond donors (Lipinski definition) is 2. The molecular weight excluding hydrogens is 437 g/mol. The summed E-state index contributed by atoms with van der Waals surface area (Å²) < 4.78 is 42.3. The van der Waals surface area contributed by atoms with Gasteiger partial charge in [0.15, 0.2) is 8.68 Å². The van der Waals surface area contributed by atoms with Gasteiger partial charge in [-0.3, -0.25) is 10.1 Å². The number of imide groups is 1. The fraction of sp³-hybridized carbons (Fsp3) is 0.333. The highest BCUT2D eigenvalue weighted by atomic mass is 32.2. The van der Waals surface area contributed by atoms with Gasteiger partial charge in [0.05, 0.1) is 12.9 Å². The number of nitrogens with one attached hydrogen (secondary N) is 2. The number of halogens is 3. The molecule has 0 fully saturated rings. The van der Waals surface area contributed by atoms with E-state index in [0.29, 0.717) is 14.4 Å². The molecule has 1 heterocycles. The van der Waals surface area contributed by atoms with Crippen molar-refractivity contribution in [1.29, 1.82) is 0 Å². The summed E-state index contributed by atoms with van der Waals surface area (Å²) in [5.74, 6) is 0.557. The molecule has 0 unspecified atom stereocenters. The van der Waals surface area contributed by atoms with E-state index in [2.05, 4.69) is 10.2 Å². The van der Waals surface area contributed by atoms with Crippen molar-refractivity contribution in [3.8, 4) is 5.75 Å². The number of carbonyl (C=O) groups is 2. The molecule has 0 aliphatic carbocycles. The largest absolute Gasteiger partial charge is 0.497 e. The molecule has 0 radical (unpaired) electrons. The van der Waals surface area contributed by atoms with E-state index in [0.717, 1.165) is 23.1 Å². The van der Waals surface area contributed by atoms with Gasteiger partial charge in [0.2, 0.25) is 5.91 Å². The molecule has 1 aromatic carbocycles. The zero-order valence-corrected chi connectivity index (χ0v) is 16.9. The molecule has 2 aromatic rings. The van der Waals surface area contributed by atoms with Gasteiger partial charge in [-0.15, -0.1) is 10.2 Å². The topological polar surface area (TPSA) is 93.2 Å². The first kappa shape index (κ1) is 22.3. The van der Waals surface area contributed by atoms with Crippen molar-refractivity contribution in [2.75, 3.05) is 19.4 Å². The van der Waals surface area contributed by atoms with Gasteiger partial charge in [0.1, 0.15) is 12.3 Å². The van der Waals surface area contributed by atoms with E-state index in [9.17, 15) is 22.8 Å². The van der Waals surface area contributed by atoms with E-state index in [1.165, 1.54) is 23.1 Å². The highest BCUT2D eigenvalue weighted by molar-refractivity contribution is 8.03. The molecule has 0 spiro atoms. The minimum absolute atomic E-state index is 0.169. The Morgan fingerprint density at radius 2 is 1.79 bits per heavy atom. The lowest BCUT2D eigenvalue weighted by Crippen LogP contribution is -2.43. The zero-order chi connectivity index (χ0) is 20.6. The summed E-state index contributed by atoms with van der Waals surface area (Å²) in [6, 6.07) is 6.41. The predicted molar refractivity (Wildman–Crippen MR) is 101 cm³/mol. The predicted octanol–water partition coefficient (Wildman–Crippen LogP) is 3.32. The number of thioether (sulfide) groups is 2. The molecule has 2 N–H and O–H groups in total. The Kier molecular flexibility index (Phi) is 8.38. The average Bonchev–Trinajstić information content (AvgIpc) is 3.11. The minimum atomic E-state index is -4.54. The molecule has 0 saturated heterocycles. The van der Waals surface area contributed by atoms with Crippen molar-refractivity contribution in [3.63, 3.8) is 0 Å². The second-order valence-corrected chi connectivity index (χ2v) is 8.53. The van der Waals surface area contributed by atoms with E-state index in [4.69, 9.17) is 4.74 Å². The van der Waals surface area contributed by atoms with Crippen LogP contribution in [0.5, 0.6) is 5.75 Å². The second kappa shape index (κ2) is 10.5. The summed E-state index contributed by atoms with van der Waals surface area (Å²) in [5, 5.41) is 11.3. The molecule has 0 aliphatic rings. The van der Waals surface area contributed by atoms with Gasteiger partial charge in [0.25, 0.3) is 0 Å². The number of benzene rings is 1. The van der Waals surface area contributed by atoms with Crippen molar-refractivity contribution in [2.45, 2.75) is 20.6 Å². The van der Waals surface area contributed by atoms with Gasteiger partial charge in [-0.05, 0) is 17.7 Å². The van der Waals surface area contributed by atoms with Gasteiger partial charge in [0, 0.05) is 5.75 Å². The van der Waals surface area contributed by atoms with Crippen LogP contribution < -0.4 is 15.4 Å². The number of alkyl halides is 3. The van der Waals surface area contributed by atoms with Gasteiger partial charge in [-0.1, -0.05) is 47.0 Å². The molecule has 2 rings (SSSR count). The van der Waals surface area contributed by atoms with E-state index in [1.807, 2.05) is 29.6 Å². The normalized spacial score (nSPS) is 11.1. The maximum atomic E-state index is 12.0. The van der Waals surface area contributed by atoms with Crippen molar-refractivity contribution >= 4 is 46.8 Å². The monoisotopic (exact) mass is 452 g/mol. The number of ether oxygens (including phenoxy) is 1. The summed E-state index contributed by atoms with van der Waals surface area (Å²) >= 11 is 3.81. The van der Waals surface area contributed by atoms with Gasteiger partial charge < -0.3 is 10.1 Å². The standard InChI is InChI=1S/C15H15F3N4O3S3/c1-25-10-4-2-9(3-5-10)6-26-13-21-22-14(28-13)27-7-11(23)20-12(24)19-8-15(16,17)18/h2-5H,6-8H2,1H3,(H2,19,20,23,24). The Hall–Kier alpha value is -1.99. The minimum Gasteiger partial charge on any atom is -0.497 e. The van der Waals surface area contributed by atoms with Crippen molar-refractivity contribution in [3.05, 3.63) is 29.8 Å². The van der Waals surface area contributed by atoms with Crippen LogP contribution in [0.15, 0.2) is 32.9 Å². The second-order valence-electron chi connectivity index (χ2n) is 5.11. The van der Waals surface area contributed by atoms with Crippen LogP contribution in [0.25, 0.3) is 0 Å². The molecule has 0 bridgehead atoms. The van der Waals surface area contributed by atoms with Gasteiger partial charge in [-0.25, -0.2) is 4.79 Å². The molecule has 3 amide bonds. The van der Waals surface area contributed by atoms with Crippen LogP contribution in [0.3, 0.4) is 0 Å². The van der Waals surface area contributed by atoms with Crippen molar-refractivity contribution in [2.24, 2.45) is 0 Å². The van der Waals surface area contributed by atoms with E-state index in [1.54, 1.807) is 12.4 Å². The molecule has 0 atom stereocenters. The van der Waals surface area contributed by atoms with Crippen molar-refractivity contribution < 1.29 is 27.5 Å². The highest BCUT2D eigenvalue weighted by Crippen LogP contribution is 2.30. The molecule has 0 aliphatic heterocycles. The van der Waals surface area contributed by atoms with E-state index < -0.39 is 24.7 Å². The average molecular weight is 453 g/mol. The number of urea groups is 1. The van der Waals surface area contributed by atoms with Crippen LogP contribution >= 0.6 is 34.9 Å². The SMILES string of the molecule is COc1ccc(CSc2nnc(SCC(=O)NC(=O)NCC(F)(F)F)s2)cc1. The number of amides is 3. The molecule has 152 valence electrons. The smallest absolute Gasteiger partial charge is 0.405 e.